The summed E-state index contributed by atoms with van der Waals surface area (Å²) in [5, 5.41) is 2.44. The zero-order valence-electron chi connectivity index (χ0n) is 29.6. The summed E-state index contributed by atoms with van der Waals surface area (Å²) >= 11 is 0. The van der Waals surface area contributed by atoms with Gasteiger partial charge in [0.1, 0.15) is 11.5 Å². The zero-order chi connectivity index (χ0) is 35.8. The number of nitrogens with zero attached hydrogens (tertiary/aromatic N) is 1. The third-order valence-corrected chi connectivity index (χ3v) is 10.5. The predicted molar refractivity (Wildman–Crippen MR) is 226 cm³/mol. The van der Waals surface area contributed by atoms with Crippen LogP contribution in [0, 0.1) is 0 Å². The van der Waals surface area contributed by atoms with Crippen molar-refractivity contribution in [1.82, 2.24) is 0 Å². The molecule has 2 nitrogen and oxygen atoms in total. The third-order valence-electron chi connectivity index (χ3n) is 10.5. The van der Waals surface area contributed by atoms with Crippen LogP contribution in [-0.2, 0) is 0 Å². The molecule has 10 rings (SSSR count). The van der Waals surface area contributed by atoms with E-state index < -0.39 is 0 Å². The second kappa shape index (κ2) is 13.4. The summed E-state index contributed by atoms with van der Waals surface area (Å²) in [6, 6.07) is 75.7. The SMILES string of the molecule is c1ccc(-c2ccc(N(c3ccc(-c4ccccc4)cc3)c3ccc(-c4ccc5c(c4)Oc4ccccc4-c4ccc6ccccc6c4-5)cc3)cc2)cc1. The highest BCUT2D eigenvalue weighted by molar-refractivity contribution is 6.07. The number of hydrogen-bond acceptors (Lipinski definition) is 2. The Morgan fingerprint density at radius 2 is 0.759 bits per heavy atom. The number of hydrogen-bond donors (Lipinski definition) is 0. The van der Waals surface area contributed by atoms with Gasteiger partial charge >= 0.3 is 0 Å². The van der Waals surface area contributed by atoms with E-state index in [1.165, 1.54) is 44.2 Å². The fourth-order valence-electron chi connectivity index (χ4n) is 7.79. The number of ether oxygens (including phenoxy) is 1. The molecule has 54 heavy (non-hydrogen) atoms. The maximum Gasteiger partial charge on any atom is 0.135 e. The summed E-state index contributed by atoms with van der Waals surface area (Å²) in [7, 11) is 0. The molecule has 0 bridgehead atoms. The first kappa shape index (κ1) is 31.6. The molecule has 0 amide bonds. The quantitative estimate of drug-likeness (QED) is 0.172. The minimum atomic E-state index is 0.859. The molecule has 0 aromatic heterocycles. The summed E-state index contributed by atoms with van der Waals surface area (Å²) in [4.78, 5) is 2.33. The van der Waals surface area contributed by atoms with E-state index in [9.17, 15) is 0 Å². The van der Waals surface area contributed by atoms with Crippen LogP contribution in [0.25, 0.3) is 66.4 Å². The van der Waals surface area contributed by atoms with Crippen LogP contribution >= 0.6 is 0 Å². The van der Waals surface area contributed by atoms with Crippen molar-refractivity contribution in [3.05, 3.63) is 212 Å². The van der Waals surface area contributed by atoms with Gasteiger partial charge in [-0.3, -0.25) is 0 Å². The Balaban J connectivity index is 1.04. The number of fused-ring (bicyclic) bond motifs is 7. The van der Waals surface area contributed by atoms with Gasteiger partial charge in [0.15, 0.2) is 0 Å². The first-order valence-electron chi connectivity index (χ1n) is 18.4. The topological polar surface area (TPSA) is 12.5 Å². The highest BCUT2D eigenvalue weighted by atomic mass is 16.5. The van der Waals surface area contributed by atoms with Crippen LogP contribution in [-0.4, -0.2) is 0 Å². The van der Waals surface area contributed by atoms with Crippen LogP contribution in [0.15, 0.2) is 212 Å². The van der Waals surface area contributed by atoms with Gasteiger partial charge in [0.2, 0.25) is 0 Å². The fraction of sp³-hybridized carbons (Fsp3) is 0. The summed E-state index contributed by atoms with van der Waals surface area (Å²) in [5.41, 5.74) is 14.9. The van der Waals surface area contributed by atoms with Crippen LogP contribution in [0.1, 0.15) is 0 Å². The van der Waals surface area contributed by atoms with E-state index in [1.54, 1.807) is 0 Å². The van der Waals surface area contributed by atoms with E-state index in [4.69, 9.17) is 4.74 Å². The Morgan fingerprint density at radius 3 is 1.37 bits per heavy atom. The summed E-state index contributed by atoms with van der Waals surface area (Å²) in [6.45, 7) is 0. The number of para-hydroxylation sites is 1. The lowest BCUT2D eigenvalue weighted by Gasteiger charge is -2.26. The standard InChI is InChI=1S/C52H35NO/c1-3-11-36(12-4-1)38-19-27-43(28-20-38)53(44-29-21-39(22-30-44)37-13-5-2-6-14-37)45-31-23-40(24-32-45)42-26-34-49-51(35-42)54-50-18-10-9-17-47(50)48-33-25-41-15-7-8-16-46(41)52(48)49/h1-35H. The van der Waals surface area contributed by atoms with Crippen molar-refractivity contribution in [2.45, 2.75) is 0 Å². The average molecular weight is 690 g/mol. The molecule has 0 fully saturated rings. The zero-order valence-corrected chi connectivity index (χ0v) is 29.6. The lowest BCUT2D eigenvalue weighted by molar-refractivity contribution is 0.488. The largest absolute Gasteiger partial charge is 0.456 e. The van der Waals surface area contributed by atoms with Crippen molar-refractivity contribution in [3.8, 4) is 67.1 Å². The molecule has 0 unspecified atom stereocenters. The van der Waals surface area contributed by atoms with Crippen molar-refractivity contribution >= 4 is 27.8 Å². The van der Waals surface area contributed by atoms with Crippen molar-refractivity contribution in [2.75, 3.05) is 4.90 Å². The summed E-state index contributed by atoms with van der Waals surface area (Å²) in [6.07, 6.45) is 0. The van der Waals surface area contributed by atoms with Crippen LogP contribution in [0.4, 0.5) is 17.1 Å². The molecule has 0 saturated carbocycles. The summed E-state index contributed by atoms with van der Waals surface area (Å²) in [5.74, 6) is 1.73. The molecule has 0 N–H and O–H groups in total. The van der Waals surface area contributed by atoms with Crippen LogP contribution in [0.2, 0.25) is 0 Å². The third kappa shape index (κ3) is 5.71. The van der Waals surface area contributed by atoms with Gasteiger partial charge in [-0.25, -0.2) is 0 Å². The molecular formula is C52H35NO. The molecule has 0 aliphatic carbocycles. The van der Waals surface area contributed by atoms with Crippen molar-refractivity contribution in [2.24, 2.45) is 0 Å². The fourth-order valence-corrected chi connectivity index (χ4v) is 7.79. The second-order valence-corrected chi connectivity index (χ2v) is 13.7. The van der Waals surface area contributed by atoms with Gasteiger partial charge in [-0.1, -0.05) is 158 Å². The maximum atomic E-state index is 6.75. The Morgan fingerprint density at radius 1 is 0.296 bits per heavy atom. The van der Waals surface area contributed by atoms with Gasteiger partial charge in [-0.2, -0.15) is 0 Å². The molecule has 0 atom stereocenters. The van der Waals surface area contributed by atoms with E-state index in [1.807, 2.05) is 6.07 Å². The van der Waals surface area contributed by atoms with Gasteiger partial charge < -0.3 is 9.64 Å². The number of benzene rings is 9. The highest BCUT2D eigenvalue weighted by Gasteiger charge is 2.23. The Hall–Kier alpha value is -7.16. The van der Waals surface area contributed by atoms with Crippen molar-refractivity contribution in [1.29, 1.82) is 0 Å². The molecule has 1 aliphatic rings. The summed E-state index contributed by atoms with van der Waals surface area (Å²) < 4.78 is 6.75. The van der Waals surface area contributed by atoms with Gasteiger partial charge in [0.05, 0.1) is 0 Å². The Bertz CT molecular complexity index is 2670. The van der Waals surface area contributed by atoms with E-state index in [2.05, 4.69) is 211 Å². The molecule has 0 radical (unpaired) electrons. The predicted octanol–water partition coefficient (Wildman–Crippen LogP) is 14.8. The Labute approximate surface area is 315 Å². The molecule has 0 saturated heterocycles. The van der Waals surface area contributed by atoms with Crippen LogP contribution in [0.5, 0.6) is 11.5 Å². The average Bonchev–Trinajstić information content (AvgIpc) is 3.39. The second-order valence-electron chi connectivity index (χ2n) is 13.7. The number of anilines is 3. The minimum absolute atomic E-state index is 0.859. The van der Waals surface area contributed by atoms with Crippen molar-refractivity contribution < 1.29 is 4.74 Å². The van der Waals surface area contributed by atoms with Gasteiger partial charge in [0.25, 0.3) is 0 Å². The molecule has 9 aromatic rings. The molecule has 2 heteroatoms. The Kier molecular flexibility index (Phi) is 7.85. The monoisotopic (exact) mass is 689 g/mol. The maximum absolute atomic E-state index is 6.75. The number of rotatable bonds is 6. The molecule has 1 aliphatic heterocycles. The van der Waals surface area contributed by atoms with E-state index in [-0.39, 0.29) is 0 Å². The van der Waals surface area contributed by atoms with Gasteiger partial charge in [-0.15, -0.1) is 0 Å². The van der Waals surface area contributed by atoms with E-state index >= 15 is 0 Å². The molecule has 0 spiro atoms. The van der Waals surface area contributed by atoms with E-state index in [0.717, 1.165) is 50.8 Å². The van der Waals surface area contributed by atoms with Crippen LogP contribution in [0.3, 0.4) is 0 Å². The molecule has 9 aromatic carbocycles. The van der Waals surface area contributed by atoms with Gasteiger partial charge in [-0.05, 0) is 104 Å². The lowest BCUT2D eigenvalue weighted by Crippen LogP contribution is -2.09. The van der Waals surface area contributed by atoms with E-state index in [0.29, 0.717) is 0 Å². The van der Waals surface area contributed by atoms with Crippen molar-refractivity contribution in [3.63, 3.8) is 0 Å². The first-order chi connectivity index (χ1) is 26.8. The van der Waals surface area contributed by atoms with Crippen LogP contribution < -0.4 is 9.64 Å². The minimum Gasteiger partial charge on any atom is -0.456 e. The normalized spacial score (nSPS) is 11.5. The lowest BCUT2D eigenvalue weighted by atomic mass is 9.89. The molecule has 254 valence electrons. The highest BCUT2D eigenvalue weighted by Crippen LogP contribution is 2.50. The van der Waals surface area contributed by atoms with Gasteiger partial charge in [0, 0.05) is 33.8 Å². The first-order valence-corrected chi connectivity index (χ1v) is 18.4. The molecule has 1 heterocycles. The smallest absolute Gasteiger partial charge is 0.135 e. The molecular weight excluding hydrogens is 655 g/mol.